The first kappa shape index (κ1) is 22.2. The Balaban J connectivity index is 3.17. The molecule has 7 heteroatoms. The standard InChI is InChI=1S/C19H30N2O4S/c1-6-10-11-12-14(22)20-17-15(19(24)25-9-4)13(5)16(26-17)18(23)21(7-2)8-3/h6-12H2,1-5H3,(H,20,22). The highest BCUT2D eigenvalue weighted by molar-refractivity contribution is 7.18. The Bertz CT molecular complexity index is 636. The number of rotatable bonds is 10. The Hall–Kier alpha value is -1.89. The summed E-state index contributed by atoms with van der Waals surface area (Å²) in [6.07, 6.45) is 3.20. The minimum atomic E-state index is -0.510. The molecule has 1 N–H and O–H groups in total. The molecule has 0 bridgehead atoms. The number of unbranched alkanes of at least 4 members (excludes halogenated alkanes) is 2. The summed E-state index contributed by atoms with van der Waals surface area (Å²) in [7, 11) is 0. The molecule has 6 nitrogen and oxygen atoms in total. The fraction of sp³-hybridized carbons (Fsp3) is 0.632. The van der Waals surface area contributed by atoms with Crippen LogP contribution in [0.5, 0.6) is 0 Å². The van der Waals surface area contributed by atoms with Crippen LogP contribution in [-0.2, 0) is 9.53 Å². The van der Waals surface area contributed by atoms with Crippen molar-refractivity contribution < 1.29 is 19.1 Å². The summed E-state index contributed by atoms with van der Waals surface area (Å²) >= 11 is 1.15. The Morgan fingerprint density at radius 1 is 1.08 bits per heavy atom. The van der Waals surface area contributed by atoms with Crippen LogP contribution in [0.2, 0.25) is 0 Å². The van der Waals surface area contributed by atoms with Crippen molar-refractivity contribution in [1.29, 1.82) is 0 Å². The number of hydrogen-bond acceptors (Lipinski definition) is 5. The second-order valence-electron chi connectivity index (χ2n) is 5.96. The average Bonchev–Trinajstić information content (AvgIpc) is 2.92. The van der Waals surface area contributed by atoms with Gasteiger partial charge in [-0.2, -0.15) is 0 Å². The summed E-state index contributed by atoms with van der Waals surface area (Å²) in [5, 5.41) is 3.21. The molecule has 2 amide bonds. The summed E-state index contributed by atoms with van der Waals surface area (Å²) in [5.41, 5.74) is 0.852. The van der Waals surface area contributed by atoms with Gasteiger partial charge in [0.2, 0.25) is 5.91 Å². The number of ether oxygens (including phenoxy) is 1. The van der Waals surface area contributed by atoms with Crippen molar-refractivity contribution in [3.8, 4) is 0 Å². The third kappa shape index (κ3) is 5.56. The van der Waals surface area contributed by atoms with E-state index in [9.17, 15) is 14.4 Å². The summed E-state index contributed by atoms with van der Waals surface area (Å²) in [6, 6.07) is 0. The summed E-state index contributed by atoms with van der Waals surface area (Å²) in [5.74, 6) is -0.787. The van der Waals surface area contributed by atoms with Crippen LogP contribution in [0.15, 0.2) is 0 Å². The zero-order valence-electron chi connectivity index (χ0n) is 16.4. The van der Waals surface area contributed by atoms with E-state index in [1.54, 1.807) is 18.7 Å². The number of nitrogens with zero attached hydrogens (tertiary/aromatic N) is 1. The Morgan fingerprint density at radius 2 is 1.73 bits per heavy atom. The minimum absolute atomic E-state index is 0.130. The van der Waals surface area contributed by atoms with E-state index >= 15 is 0 Å². The Kier molecular flexibility index (Phi) is 9.34. The van der Waals surface area contributed by atoms with Crippen molar-refractivity contribution in [3.63, 3.8) is 0 Å². The van der Waals surface area contributed by atoms with Crippen LogP contribution in [-0.4, -0.2) is 42.4 Å². The van der Waals surface area contributed by atoms with E-state index in [4.69, 9.17) is 4.74 Å². The first-order valence-electron chi connectivity index (χ1n) is 9.30. The molecule has 0 fully saturated rings. The highest BCUT2D eigenvalue weighted by atomic mass is 32.1. The monoisotopic (exact) mass is 382 g/mol. The van der Waals surface area contributed by atoms with Gasteiger partial charge in [0.15, 0.2) is 0 Å². The summed E-state index contributed by atoms with van der Waals surface area (Å²) in [4.78, 5) is 39.5. The zero-order chi connectivity index (χ0) is 19.7. The topological polar surface area (TPSA) is 75.7 Å². The molecule has 0 spiro atoms. The number of thiophene rings is 1. The molecule has 1 rings (SSSR count). The molecule has 0 aliphatic heterocycles. The smallest absolute Gasteiger partial charge is 0.341 e. The zero-order valence-corrected chi connectivity index (χ0v) is 17.3. The average molecular weight is 383 g/mol. The number of esters is 1. The molecule has 0 aromatic carbocycles. The largest absolute Gasteiger partial charge is 0.462 e. The number of carbonyl (C=O) groups is 3. The van der Waals surface area contributed by atoms with E-state index < -0.39 is 5.97 Å². The van der Waals surface area contributed by atoms with Crippen LogP contribution in [0.3, 0.4) is 0 Å². The highest BCUT2D eigenvalue weighted by Crippen LogP contribution is 2.34. The minimum Gasteiger partial charge on any atom is -0.462 e. The number of hydrogen-bond donors (Lipinski definition) is 1. The van der Waals surface area contributed by atoms with Gasteiger partial charge in [-0.1, -0.05) is 19.8 Å². The molecular weight excluding hydrogens is 352 g/mol. The molecule has 0 radical (unpaired) electrons. The van der Waals surface area contributed by atoms with E-state index in [-0.39, 0.29) is 24.0 Å². The third-order valence-corrected chi connectivity index (χ3v) is 5.33. The number of anilines is 1. The molecule has 26 heavy (non-hydrogen) atoms. The quantitative estimate of drug-likeness (QED) is 0.485. The normalized spacial score (nSPS) is 10.5. The first-order chi connectivity index (χ1) is 12.4. The Labute approximate surface area is 159 Å². The van der Waals surface area contributed by atoms with Crippen LogP contribution in [0.25, 0.3) is 0 Å². The van der Waals surface area contributed by atoms with Crippen LogP contribution >= 0.6 is 11.3 Å². The van der Waals surface area contributed by atoms with E-state index in [1.165, 1.54) is 0 Å². The van der Waals surface area contributed by atoms with E-state index in [0.717, 1.165) is 30.6 Å². The van der Waals surface area contributed by atoms with Gasteiger partial charge >= 0.3 is 5.97 Å². The van der Waals surface area contributed by atoms with Crippen molar-refractivity contribution in [2.45, 2.75) is 60.3 Å². The van der Waals surface area contributed by atoms with Crippen LogP contribution in [0.4, 0.5) is 5.00 Å². The van der Waals surface area contributed by atoms with E-state index in [0.29, 0.717) is 35.0 Å². The van der Waals surface area contributed by atoms with Gasteiger partial charge in [0.1, 0.15) is 5.00 Å². The molecule has 0 aliphatic rings. The number of nitrogens with one attached hydrogen (secondary N) is 1. The number of amides is 2. The second kappa shape index (κ2) is 11.0. The van der Waals surface area contributed by atoms with E-state index in [2.05, 4.69) is 12.2 Å². The second-order valence-corrected chi connectivity index (χ2v) is 6.98. The molecule has 0 atom stereocenters. The van der Waals surface area contributed by atoms with Crippen molar-refractivity contribution >= 4 is 34.1 Å². The van der Waals surface area contributed by atoms with Gasteiger partial charge < -0.3 is 15.0 Å². The molecule has 1 heterocycles. The lowest BCUT2D eigenvalue weighted by Gasteiger charge is -2.18. The molecular formula is C19H30N2O4S. The lowest BCUT2D eigenvalue weighted by molar-refractivity contribution is -0.116. The van der Waals surface area contributed by atoms with Gasteiger partial charge in [-0.3, -0.25) is 9.59 Å². The maximum absolute atomic E-state index is 12.7. The van der Waals surface area contributed by atoms with Crippen molar-refractivity contribution in [3.05, 3.63) is 16.0 Å². The van der Waals surface area contributed by atoms with Gasteiger partial charge in [0.25, 0.3) is 5.91 Å². The van der Waals surface area contributed by atoms with Crippen molar-refractivity contribution in [2.75, 3.05) is 25.0 Å². The maximum atomic E-state index is 12.7. The molecule has 1 aromatic heterocycles. The third-order valence-electron chi connectivity index (χ3n) is 4.13. The SMILES string of the molecule is CCCCCC(=O)Nc1sc(C(=O)N(CC)CC)c(C)c1C(=O)OCC. The lowest BCUT2D eigenvalue weighted by Crippen LogP contribution is -2.30. The fourth-order valence-electron chi connectivity index (χ4n) is 2.63. The molecule has 0 aliphatic carbocycles. The highest BCUT2D eigenvalue weighted by Gasteiger charge is 2.28. The molecule has 1 aromatic rings. The predicted octanol–water partition coefficient (Wildman–Crippen LogP) is 4.23. The van der Waals surface area contributed by atoms with Gasteiger partial charge in [0, 0.05) is 19.5 Å². The van der Waals surface area contributed by atoms with Gasteiger partial charge in [-0.15, -0.1) is 11.3 Å². The molecule has 0 unspecified atom stereocenters. The van der Waals surface area contributed by atoms with Gasteiger partial charge in [-0.25, -0.2) is 4.79 Å². The molecule has 0 saturated carbocycles. The van der Waals surface area contributed by atoms with Gasteiger partial charge in [-0.05, 0) is 39.7 Å². The van der Waals surface area contributed by atoms with E-state index in [1.807, 2.05) is 13.8 Å². The lowest BCUT2D eigenvalue weighted by atomic mass is 10.1. The Morgan fingerprint density at radius 3 is 2.27 bits per heavy atom. The van der Waals surface area contributed by atoms with Crippen LogP contribution in [0.1, 0.15) is 79.0 Å². The van der Waals surface area contributed by atoms with Crippen molar-refractivity contribution in [2.24, 2.45) is 0 Å². The fourth-order valence-corrected chi connectivity index (χ4v) is 3.81. The molecule has 0 saturated heterocycles. The first-order valence-corrected chi connectivity index (χ1v) is 10.1. The maximum Gasteiger partial charge on any atom is 0.341 e. The van der Waals surface area contributed by atoms with Crippen molar-refractivity contribution in [1.82, 2.24) is 4.90 Å². The van der Waals surface area contributed by atoms with Crippen LogP contribution < -0.4 is 5.32 Å². The van der Waals surface area contributed by atoms with Crippen LogP contribution in [0, 0.1) is 6.92 Å². The predicted molar refractivity (Wildman–Crippen MR) is 105 cm³/mol. The summed E-state index contributed by atoms with van der Waals surface area (Å²) in [6.45, 7) is 10.7. The summed E-state index contributed by atoms with van der Waals surface area (Å²) < 4.78 is 5.13. The number of carbonyl (C=O) groups excluding carboxylic acids is 3. The van der Waals surface area contributed by atoms with Gasteiger partial charge in [0.05, 0.1) is 17.0 Å². The molecule has 146 valence electrons.